The SMILES string of the molecule is COCCC1CSC(Nc2ccc(Br)c(I)c2)=N1. The number of anilines is 1. The second kappa shape index (κ2) is 7.12. The molecule has 0 aromatic heterocycles. The van der Waals surface area contributed by atoms with Crippen molar-refractivity contribution in [3.63, 3.8) is 0 Å². The summed E-state index contributed by atoms with van der Waals surface area (Å²) < 4.78 is 7.39. The molecule has 0 saturated heterocycles. The zero-order valence-corrected chi connectivity index (χ0v) is 14.5. The van der Waals surface area contributed by atoms with Gasteiger partial charge in [-0.15, -0.1) is 0 Å². The fraction of sp³-hybridized carbons (Fsp3) is 0.417. The number of nitrogens with zero attached hydrogens (tertiary/aromatic N) is 1. The van der Waals surface area contributed by atoms with E-state index in [1.54, 1.807) is 18.9 Å². The van der Waals surface area contributed by atoms with Crippen molar-refractivity contribution in [1.29, 1.82) is 0 Å². The maximum absolute atomic E-state index is 5.08. The van der Waals surface area contributed by atoms with Crippen LogP contribution in [0.1, 0.15) is 6.42 Å². The van der Waals surface area contributed by atoms with Gasteiger partial charge in [-0.3, -0.25) is 4.99 Å². The van der Waals surface area contributed by atoms with Gasteiger partial charge in [-0.2, -0.15) is 0 Å². The average Bonchev–Trinajstić information content (AvgIpc) is 2.79. The first-order valence-electron chi connectivity index (χ1n) is 5.60. The van der Waals surface area contributed by atoms with Crippen LogP contribution >= 0.6 is 50.3 Å². The topological polar surface area (TPSA) is 33.6 Å². The van der Waals surface area contributed by atoms with Crippen LogP contribution in [0.25, 0.3) is 0 Å². The van der Waals surface area contributed by atoms with E-state index in [1.165, 1.54) is 3.57 Å². The molecule has 98 valence electrons. The van der Waals surface area contributed by atoms with Crippen LogP contribution in [0.5, 0.6) is 0 Å². The van der Waals surface area contributed by atoms with E-state index < -0.39 is 0 Å². The van der Waals surface area contributed by atoms with Crippen LogP contribution in [0.2, 0.25) is 0 Å². The van der Waals surface area contributed by atoms with Crippen molar-refractivity contribution in [2.75, 3.05) is 24.8 Å². The highest BCUT2D eigenvalue weighted by Crippen LogP contribution is 2.25. The first-order valence-corrected chi connectivity index (χ1v) is 8.46. The Balaban J connectivity index is 1.95. The number of thioether (sulfide) groups is 1. The van der Waals surface area contributed by atoms with Gasteiger partial charge < -0.3 is 10.1 Å². The summed E-state index contributed by atoms with van der Waals surface area (Å²) in [5.41, 5.74) is 1.08. The van der Waals surface area contributed by atoms with Crippen LogP contribution < -0.4 is 5.32 Å². The molecule has 0 aliphatic carbocycles. The first-order chi connectivity index (χ1) is 8.69. The van der Waals surface area contributed by atoms with E-state index in [4.69, 9.17) is 4.74 Å². The van der Waals surface area contributed by atoms with Crippen LogP contribution in [0.15, 0.2) is 27.7 Å². The minimum Gasteiger partial charge on any atom is -0.385 e. The Hall–Kier alpha value is 0.210. The van der Waals surface area contributed by atoms with Crippen molar-refractivity contribution < 1.29 is 4.74 Å². The Morgan fingerprint density at radius 1 is 1.61 bits per heavy atom. The molecule has 0 bridgehead atoms. The van der Waals surface area contributed by atoms with Gasteiger partial charge in [-0.25, -0.2) is 0 Å². The molecule has 1 heterocycles. The number of rotatable bonds is 4. The van der Waals surface area contributed by atoms with E-state index in [9.17, 15) is 0 Å². The van der Waals surface area contributed by atoms with Crippen molar-refractivity contribution in [2.45, 2.75) is 12.5 Å². The van der Waals surface area contributed by atoms with Crippen molar-refractivity contribution in [3.8, 4) is 0 Å². The van der Waals surface area contributed by atoms with Crippen molar-refractivity contribution in [3.05, 3.63) is 26.2 Å². The van der Waals surface area contributed by atoms with E-state index in [2.05, 4.69) is 61.0 Å². The quantitative estimate of drug-likeness (QED) is 0.719. The fourth-order valence-corrected chi connectivity index (χ4v) is 3.35. The molecule has 0 spiro atoms. The van der Waals surface area contributed by atoms with Crippen LogP contribution in [-0.2, 0) is 4.74 Å². The average molecular weight is 441 g/mol. The molecule has 18 heavy (non-hydrogen) atoms. The maximum Gasteiger partial charge on any atom is 0.161 e. The number of halogens is 2. The van der Waals surface area contributed by atoms with Crippen LogP contribution in [-0.4, -0.2) is 30.7 Å². The monoisotopic (exact) mass is 440 g/mol. The zero-order chi connectivity index (χ0) is 13.0. The zero-order valence-electron chi connectivity index (χ0n) is 9.95. The molecule has 1 atom stereocenters. The standard InChI is InChI=1S/C12H14BrIN2OS/c1-17-5-4-9-7-18-12(16-9)15-8-2-3-10(13)11(14)6-8/h2-3,6,9H,4-5,7H2,1H3,(H,15,16). The number of amidine groups is 1. The van der Waals surface area contributed by atoms with Gasteiger partial charge in [0.05, 0.1) is 6.04 Å². The third kappa shape index (κ3) is 4.11. The number of hydrogen-bond acceptors (Lipinski definition) is 4. The Labute approximate surface area is 133 Å². The molecule has 2 rings (SSSR count). The first kappa shape index (κ1) is 14.6. The molecule has 0 radical (unpaired) electrons. The van der Waals surface area contributed by atoms with Gasteiger partial charge in [0, 0.05) is 33.2 Å². The highest BCUT2D eigenvalue weighted by atomic mass is 127. The largest absolute Gasteiger partial charge is 0.385 e. The number of ether oxygens (including phenoxy) is 1. The third-order valence-corrected chi connectivity index (χ3v) is 5.90. The lowest BCUT2D eigenvalue weighted by molar-refractivity contribution is 0.190. The summed E-state index contributed by atoms with van der Waals surface area (Å²) in [6.45, 7) is 0.776. The molecule has 0 amide bonds. The van der Waals surface area contributed by atoms with Gasteiger partial charge in [0.25, 0.3) is 0 Å². The summed E-state index contributed by atoms with van der Waals surface area (Å²) in [4.78, 5) is 4.65. The Morgan fingerprint density at radius 3 is 3.17 bits per heavy atom. The van der Waals surface area contributed by atoms with Gasteiger partial charge in [0.15, 0.2) is 5.17 Å². The van der Waals surface area contributed by atoms with Crippen LogP contribution in [0.3, 0.4) is 0 Å². The highest BCUT2D eigenvalue weighted by molar-refractivity contribution is 14.1. The number of hydrogen-bond donors (Lipinski definition) is 1. The molecule has 1 aromatic rings. The summed E-state index contributed by atoms with van der Waals surface area (Å²) in [5.74, 6) is 1.04. The summed E-state index contributed by atoms with van der Waals surface area (Å²) >= 11 is 7.58. The summed E-state index contributed by atoms with van der Waals surface area (Å²) in [6, 6.07) is 6.59. The van der Waals surface area contributed by atoms with Gasteiger partial charge in [0.2, 0.25) is 0 Å². The lowest BCUT2D eigenvalue weighted by atomic mass is 10.2. The lowest BCUT2D eigenvalue weighted by Crippen LogP contribution is -2.08. The normalized spacial score (nSPS) is 18.8. The van der Waals surface area contributed by atoms with Gasteiger partial charge in [-0.1, -0.05) is 11.8 Å². The molecule has 1 aliphatic heterocycles. The molecule has 1 N–H and O–H groups in total. The maximum atomic E-state index is 5.08. The Morgan fingerprint density at radius 2 is 2.44 bits per heavy atom. The highest BCUT2D eigenvalue weighted by Gasteiger charge is 2.18. The molecule has 3 nitrogen and oxygen atoms in total. The van der Waals surface area contributed by atoms with Gasteiger partial charge in [0.1, 0.15) is 0 Å². The van der Waals surface area contributed by atoms with E-state index in [0.29, 0.717) is 6.04 Å². The van der Waals surface area contributed by atoms with Gasteiger partial charge >= 0.3 is 0 Å². The van der Waals surface area contributed by atoms with Crippen LogP contribution in [0, 0.1) is 3.57 Å². The molecule has 1 unspecified atom stereocenters. The molecule has 1 aliphatic rings. The van der Waals surface area contributed by atoms with Crippen molar-refractivity contribution in [2.24, 2.45) is 4.99 Å². The van der Waals surface area contributed by atoms with E-state index in [0.717, 1.165) is 34.1 Å². The fourth-order valence-electron chi connectivity index (χ4n) is 1.58. The van der Waals surface area contributed by atoms with E-state index in [-0.39, 0.29) is 0 Å². The molecule has 1 aromatic carbocycles. The predicted molar refractivity (Wildman–Crippen MR) is 90.7 cm³/mol. The number of nitrogens with one attached hydrogen (secondary N) is 1. The van der Waals surface area contributed by atoms with E-state index in [1.807, 2.05) is 6.07 Å². The summed E-state index contributed by atoms with van der Waals surface area (Å²) in [6.07, 6.45) is 0.993. The summed E-state index contributed by atoms with van der Waals surface area (Å²) in [5, 5.41) is 4.37. The Bertz CT molecular complexity index is 456. The second-order valence-corrected chi connectivity index (χ2v) is 6.96. The molecule has 6 heteroatoms. The van der Waals surface area contributed by atoms with Crippen LogP contribution in [0.4, 0.5) is 5.69 Å². The molecular weight excluding hydrogens is 427 g/mol. The van der Waals surface area contributed by atoms with E-state index >= 15 is 0 Å². The predicted octanol–water partition coefficient (Wildman–Crippen LogP) is 3.97. The number of methoxy groups -OCH3 is 1. The van der Waals surface area contributed by atoms with Crippen molar-refractivity contribution >= 4 is 61.1 Å². The second-order valence-electron chi connectivity index (χ2n) is 3.93. The minimum absolute atomic E-state index is 0.381. The number of aliphatic imine (C=N–C) groups is 1. The molecular formula is C12H14BrIN2OS. The number of benzene rings is 1. The minimum atomic E-state index is 0.381. The molecule has 0 saturated carbocycles. The smallest absolute Gasteiger partial charge is 0.161 e. The lowest BCUT2D eigenvalue weighted by Gasteiger charge is -2.06. The summed E-state index contributed by atoms with van der Waals surface area (Å²) in [7, 11) is 1.73. The van der Waals surface area contributed by atoms with Gasteiger partial charge in [-0.05, 0) is 63.1 Å². The Kier molecular flexibility index (Phi) is 5.78. The molecule has 0 fully saturated rings. The van der Waals surface area contributed by atoms with Crippen molar-refractivity contribution in [1.82, 2.24) is 0 Å². The third-order valence-electron chi connectivity index (χ3n) is 2.54.